The minimum atomic E-state index is -0.438. The van der Waals surface area contributed by atoms with Gasteiger partial charge in [0.1, 0.15) is 12.1 Å². The van der Waals surface area contributed by atoms with E-state index in [1.165, 1.54) is 7.11 Å². The van der Waals surface area contributed by atoms with Gasteiger partial charge in [-0.3, -0.25) is 14.4 Å². The van der Waals surface area contributed by atoms with Gasteiger partial charge in [0.25, 0.3) is 0 Å². The van der Waals surface area contributed by atoms with Gasteiger partial charge in [0.2, 0.25) is 5.91 Å². The van der Waals surface area contributed by atoms with Crippen molar-refractivity contribution in [2.24, 2.45) is 11.8 Å². The smallest absolute Gasteiger partial charge is 0.321 e. The number of amides is 1. The Morgan fingerprint density at radius 2 is 1.35 bits per heavy atom. The van der Waals surface area contributed by atoms with E-state index >= 15 is 0 Å². The molecule has 3 aliphatic heterocycles. The second kappa shape index (κ2) is 11.8. The normalized spacial score (nSPS) is 22.7. The molecule has 1 amide bonds. The molecule has 194 valence electrons. The number of piperidine rings is 2. The summed E-state index contributed by atoms with van der Waals surface area (Å²) in [4.78, 5) is 39.0. The number of rotatable bonds is 6. The number of nitrogens with zero attached hydrogens (tertiary/aromatic N) is 5. The maximum Gasteiger partial charge on any atom is 0.321 e. The predicted octanol–water partition coefficient (Wildman–Crippen LogP) is 0.831. The number of carbonyl (C=O) groups is 3. The van der Waals surface area contributed by atoms with Crippen molar-refractivity contribution in [2.45, 2.75) is 52.1 Å². The lowest BCUT2D eigenvalue weighted by Gasteiger charge is -2.45. The highest BCUT2D eigenvalue weighted by Gasteiger charge is 2.35. The van der Waals surface area contributed by atoms with E-state index in [1.807, 2.05) is 37.7 Å². The summed E-state index contributed by atoms with van der Waals surface area (Å²) in [6.07, 6.45) is 3.25. The quantitative estimate of drug-likeness (QED) is 0.512. The van der Waals surface area contributed by atoms with Gasteiger partial charge in [-0.2, -0.15) is 0 Å². The number of esters is 2. The van der Waals surface area contributed by atoms with Crippen LogP contribution in [-0.4, -0.2) is 121 Å². The summed E-state index contributed by atoms with van der Waals surface area (Å²) in [5.74, 6) is -0.0360. The topological polar surface area (TPSA) is 85.9 Å². The van der Waals surface area contributed by atoms with Crippen molar-refractivity contribution in [3.63, 3.8) is 0 Å². The van der Waals surface area contributed by atoms with Crippen molar-refractivity contribution < 1.29 is 23.9 Å². The van der Waals surface area contributed by atoms with Crippen LogP contribution in [0.25, 0.3) is 0 Å². The summed E-state index contributed by atoms with van der Waals surface area (Å²) in [6.45, 7) is 12.4. The fraction of sp³-hybridized carbons (Fsp3) is 0.875. The first kappa shape index (κ1) is 26.8. The molecule has 0 spiro atoms. The summed E-state index contributed by atoms with van der Waals surface area (Å²) < 4.78 is 10.3. The second-order valence-electron chi connectivity index (χ2n) is 10.7. The van der Waals surface area contributed by atoms with E-state index in [0.717, 1.165) is 78.0 Å². The third kappa shape index (κ3) is 7.37. The molecule has 0 N–H and O–H groups in total. The number of methoxy groups -OCH3 is 1. The molecule has 3 fully saturated rings. The van der Waals surface area contributed by atoms with Crippen LogP contribution in [0.3, 0.4) is 0 Å². The summed E-state index contributed by atoms with van der Waals surface area (Å²) in [5, 5.41) is 8.70. The molecular formula is C24H43N5O5. The number of hydrogen-bond donors (Lipinski definition) is 0. The number of carbonyl (C=O) groups excluding carboxylic acids is 3. The minimum Gasteiger partial charge on any atom is -0.468 e. The lowest BCUT2D eigenvalue weighted by atomic mass is 9.95. The van der Waals surface area contributed by atoms with Crippen molar-refractivity contribution in [1.82, 2.24) is 24.9 Å². The molecule has 0 aliphatic carbocycles. The number of ether oxygens (including phenoxy) is 2. The van der Waals surface area contributed by atoms with Crippen LogP contribution in [0.5, 0.6) is 0 Å². The Morgan fingerprint density at radius 3 is 1.88 bits per heavy atom. The first-order chi connectivity index (χ1) is 16.1. The monoisotopic (exact) mass is 481 g/mol. The molecule has 3 aliphatic rings. The van der Waals surface area contributed by atoms with E-state index in [1.54, 1.807) is 0 Å². The molecule has 3 heterocycles. The Hall–Kier alpha value is -1.75. The number of hydrazine groups is 2. The summed E-state index contributed by atoms with van der Waals surface area (Å²) in [6, 6.07) is 0. The lowest BCUT2D eigenvalue weighted by Crippen LogP contribution is -2.58. The predicted molar refractivity (Wildman–Crippen MR) is 127 cm³/mol. The average molecular weight is 482 g/mol. The maximum atomic E-state index is 13.1. The molecule has 10 heteroatoms. The van der Waals surface area contributed by atoms with Gasteiger partial charge in [-0.15, -0.1) is 0 Å². The summed E-state index contributed by atoms with van der Waals surface area (Å²) >= 11 is 0. The Morgan fingerprint density at radius 1 is 0.824 bits per heavy atom. The van der Waals surface area contributed by atoms with E-state index in [0.29, 0.717) is 0 Å². The Bertz CT molecular complexity index is 703. The van der Waals surface area contributed by atoms with Crippen LogP contribution in [0.4, 0.5) is 0 Å². The van der Waals surface area contributed by atoms with Crippen LogP contribution >= 0.6 is 0 Å². The van der Waals surface area contributed by atoms with Gasteiger partial charge in [0.15, 0.2) is 0 Å². The van der Waals surface area contributed by atoms with E-state index < -0.39 is 5.60 Å². The van der Waals surface area contributed by atoms with Crippen molar-refractivity contribution >= 4 is 17.8 Å². The standard InChI is InChI=1S/C24H43N5O5/c1-24(2,3)34-23(32)20-8-12-28(13-9-20)29-16-14-26(15-17-29)22(31)19-6-10-27(11-7-19)25(4)18-21(30)33-5/h19-20H,6-18H2,1-5H3. The average Bonchev–Trinajstić information content (AvgIpc) is 2.82. The van der Waals surface area contributed by atoms with Gasteiger partial charge in [0, 0.05) is 65.3 Å². The zero-order valence-corrected chi connectivity index (χ0v) is 21.6. The number of likely N-dealkylation sites (N-methyl/N-ethyl adjacent to an activating group) is 1. The molecule has 0 bridgehead atoms. The van der Waals surface area contributed by atoms with Crippen molar-refractivity contribution in [2.75, 3.05) is 73.1 Å². The maximum absolute atomic E-state index is 13.1. The SMILES string of the molecule is COC(=O)CN(C)N1CCC(C(=O)N2CCN(N3CCC(C(=O)OC(C)(C)C)CC3)CC2)CC1. The molecule has 10 nitrogen and oxygen atoms in total. The third-order valence-electron chi connectivity index (χ3n) is 7.07. The highest BCUT2D eigenvalue weighted by Crippen LogP contribution is 2.24. The van der Waals surface area contributed by atoms with Crippen LogP contribution in [0.2, 0.25) is 0 Å². The lowest BCUT2D eigenvalue weighted by molar-refractivity contribution is -0.165. The number of hydrogen-bond acceptors (Lipinski definition) is 9. The Labute approximate surface area is 204 Å². The molecule has 34 heavy (non-hydrogen) atoms. The van der Waals surface area contributed by atoms with Crippen molar-refractivity contribution in [3.8, 4) is 0 Å². The van der Waals surface area contributed by atoms with Gasteiger partial charge in [-0.25, -0.2) is 20.0 Å². The molecule has 0 aromatic rings. The fourth-order valence-electron chi connectivity index (χ4n) is 5.03. The summed E-state index contributed by atoms with van der Waals surface area (Å²) in [7, 11) is 3.28. The first-order valence-electron chi connectivity index (χ1n) is 12.6. The van der Waals surface area contributed by atoms with E-state index in [4.69, 9.17) is 9.47 Å². The molecule has 0 aromatic carbocycles. The van der Waals surface area contributed by atoms with Crippen molar-refractivity contribution in [1.29, 1.82) is 0 Å². The highest BCUT2D eigenvalue weighted by atomic mass is 16.6. The van der Waals surface area contributed by atoms with Gasteiger partial charge in [-0.1, -0.05) is 0 Å². The van der Waals surface area contributed by atoms with Gasteiger partial charge in [0.05, 0.1) is 13.0 Å². The van der Waals surface area contributed by atoms with E-state index in [-0.39, 0.29) is 36.2 Å². The largest absolute Gasteiger partial charge is 0.468 e. The first-order valence-corrected chi connectivity index (χ1v) is 12.6. The minimum absolute atomic E-state index is 0.0177. The van der Waals surface area contributed by atoms with Gasteiger partial charge < -0.3 is 14.4 Å². The second-order valence-corrected chi connectivity index (χ2v) is 10.7. The highest BCUT2D eigenvalue weighted by molar-refractivity contribution is 5.79. The van der Waals surface area contributed by atoms with Crippen LogP contribution in [0.15, 0.2) is 0 Å². The molecule has 3 rings (SSSR count). The van der Waals surface area contributed by atoms with Crippen LogP contribution in [-0.2, 0) is 23.9 Å². The molecule has 0 radical (unpaired) electrons. The molecule has 0 atom stereocenters. The zero-order valence-electron chi connectivity index (χ0n) is 21.6. The van der Waals surface area contributed by atoms with Gasteiger partial charge in [-0.05, 0) is 46.5 Å². The Balaban J connectivity index is 1.37. The van der Waals surface area contributed by atoms with Gasteiger partial charge >= 0.3 is 11.9 Å². The molecule has 3 saturated heterocycles. The third-order valence-corrected chi connectivity index (χ3v) is 7.07. The van der Waals surface area contributed by atoms with Crippen LogP contribution in [0, 0.1) is 11.8 Å². The number of piperazine rings is 1. The zero-order chi connectivity index (χ0) is 24.9. The van der Waals surface area contributed by atoms with Crippen LogP contribution in [0.1, 0.15) is 46.5 Å². The Kier molecular flexibility index (Phi) is 9.31. The summed E-state index contributed by atoms with van der Waals surface area (Å²) in [5.41, 5.74) is -0.438. The fourth-order valence-corrected chi connectivity index (χ4v) is 5.03. The van der Waals surface area contributed by atoms with Crippen molar-refractivity contribution in [3.05, 3.63) is 0 Å². The molecule has 0 saturated carbocycles. The molecule has 0 aromatic heterocycles. The van der Waals surface area contributed by atoms with E-state index in [2.05, 4.69) is 15.0 Å². The van der Waals surface area contributed by atoms with E-state index in [9.17, 15) is 14.4 Å². The molecule has 0 unspecified atom stereocenters. The van der Waals surface area contributed by atoms with Crippen LogP contribution < -0.4 is 0 Å². The molecular weight excluding hydrogens is 438 g/mol.